The zero-order valence-corrected chi connectivity index (χ0v) is 7.98. The standard InChI is InChI=1S/C9H8ClFO2/c1-5-3-6(11)8(9(10)12)7(4-5)13-2/h3-4H,1-2H3. The zero-order chi connectivity index (χ0) is 10.0. The summed E-state index contributed by atoms with van der Waals surface area (Å²) < 4.78 is 18.0. The predicted molar refractivity (Wildman–Crippen MR) is 47.9 cm³/mol. The van der Waals surface area contributed by atoms with E-state index in [9.17, 15) is 9.18 Å². The van der Waals surface area contributed by atoms with Crippen LogP contribution in [0.3, 0.4) is 0 Å². The highest BCUT2D eigenvalue weighted by molar-refractivity contribution is 6.68. The monoisotopic (exact) mass is 202 g/mol. The summed E-state index contributed by atoms with van der Waals surface area (Å²) in [4.78, 5) is 10.8. The van der Waals surface area contributed by atoms with E-state index in [0.29, 0.717) is 5.56 Å². The molecule has 1 rings (SSSR count). The molecule has 0 aromatic heterocycles. The second-order valence-electron chi connectivity index (χ2n) is 2.60. The topological polar surface area (TPSA) is 26.3 Å². The van der Waals surface area contributed by atoms with Crippen LogP contribution in [-0.2, 0) is 0 Å². The van der Waals surface area contributed by atoms with Crippen LogP contribution in [0.5, 0.6) is 5.75 Å². The van der Waals surface area contributed by atoms with Crippen molar-refractivity contribution < 1.29 is 13.9 Å². The van der Waals surface area contributed by atoms with E-state index in [1.807, 2.05) is 0 Å². The molecule has 0 heterocycles. The first-order valence-electron chi connectivity index (χ1n) is 3.60. The number of carbonyl (C=O) groups is 1. The van der Waals surface area contributed by atoms with Gasteiger partial charge >= 0.3 is 0 Å². The minimum atomic E-state index is -0.852. The Morgan fingerprint density at radius 3 is 2.62 bits per heavy atom. The van der Waals surface area contributed by atoms with Crippen LogP contribution in [0, 0.1) is 12.7 Å². The molecule has 1 aromatic rings. The summed E-state index contributed by atoms with van der Waals surface area (Å²) in [6.07, 6.45) is 0. The van der Waals surface area contributed by atoms with E-state index >= 15 is 0 Å². The maximum absolute atomic E-state index is 13.2. The number of hydrogen-bond acceptors (Lipinski definition) is 2. The van der Waals surface area contributed by atoms with Gasteiger partial charge in [-0.15, -0.1) is 0 Å². The zero-order valence-electron chi connectivity index (χ0n) is 7.23. The molecule has 0 saturated carbocycles. The first kappa shape index (κ1) is 9.99. The Hall–Kier alpha value is -1.09. The van der Waals surface area contributed by atoms with Gasteiger partial charge in [0.05, 0.1) is 7.11 Å². The second-order valence-corrected chi connectivity index (χ2v) is 2.94. The van der Waals surface area contributed by atoms with Crippen molar-refractivity contribution >= 4 is 16.8 Å². The molecule has 1 aromatic carbocycles. The molecule has 0 aliphatic heterocycles. The van der Waals surface area contributed by atoms with Gasteiger partial charge in [0.15, 0.2) is 0 Å². The van der Waals surface area contributed by atoms with Crippen molar-refractivity contribution in [2.75, 3.05) is 7.11 Å². The lowest BCUT2D eigenvalue weighted by Gasteiger charge is -2.06. The molecule has 0 N–H and O–H groups in total. The summed E-state index contributed by atoms with van der Waals surface area (Å²) in [7, 11) is 1.36. The number of carbonyl (C=O) groups excluding carboxylic acids is 1. The Morgan fingerprint density at radius 2 is 2.15 bits per heavy atom. The van der Waals surface area contributed by atoms with Crippen molar-refractivity contribution in [3.63, 3.8) is 0 Å². The van der Waals surface area contributed by atoms with Gasteiger partial charge in [0, 0.05) is 0 Å². The fourth-order valence-corrected chi connectivity index (χ4v) is 1.25. The Morgan fingerprint density at radius 1 is 1.54 bits per heavy atom. The van der Waals surface area contributed by atoms with E-state index in [1.165, 1.54) is 13.2 Å². The molecule has 0 unspecified atom stereocenters. The molecule has 0 amide bonds. The highest BCUT2D eigenvalue weighted by atomic mass is 35.5. The highest BCUT2D eigenvalue weighted by Crippen LogP contribution is 2.24. The summed E-state index contributed by atoms with van der Waals surface area (Å²) in [5, 5.41) is -0.852. The molecular weight excluding hydrogens is 195 g/mol. The van der Waals surface area contributed by atoms with Gasteiger partial charge in [-0.3, -0.25) is 4.79 Å². The first-order valence-corrected chi connectivity index (χ1v) is 3.98. The summed E-state index contributed by atoms with van der Waals surface area (Å²) >= 11 is 5.19. The number of methoxy groups -OCH3 is 1. The van der Waals surface area contributed by atoms with E-state index in [-0.39, 0.29) is 11.3 Å². The van der Waals surface area contributed by atoms with E-state index in [2.05, 4.69) is 0 Å². The predicted octanol–water partition coefficient (Wildman–Crippen LogP) is 2.52. The van der Waals surface area contributed by atoms with Gasteiger partial charge in [0.1, 0.15) is 17.1 Å². The maximum atomic E-state index is 13.2. The van der Waals surface area contributed by atoms with E-state index in [1.54, 1.807) is 13.0 Å². The number of ether oxygens (including phenoxy) is 1. The first-order chi connectivity index (χ1) is 6.06. The van der Waals surface area contributed by atoms with Crippen molar-refractivity contribution in [2.24, 2.45) is 0 Å². The molecule has 0 radical (unpaired) electrons. The van der Waals surface area contributed by atoms with Crippen LogP contribution in [0.15, 0.2) is 12.1 Å². The number of hydrogen-bond donors (Lipinski definition) is 0. The number of halogens is 2. The minimum Gasteiger partial charge on any atom is -0.496 e. The SMILES string of the molecule is COc1cc(C)cc(F)c1C(=O)Cl. The van der Waals surface area contributed by atoms with Crippen LogP contribution in [-0.4, -0.2) is 12.4 Å². The van der Waals surface area contributed by atoms with Crippen LogP contribution in [0.25, 0.3) is 0 Å². The van der Waals surface area contributed by atoms with Gasteiger partial charge in [-0.1, -0.05) is 0 Å². The lowest BCUT2D eigenvalue weighted by Crippen LogP contribution is -2.00. The Kier molecular flexibility index (Phi) is 2.88. The van der Waals surface area contributed by atoms with Gasteiger partial charge in [-0.2, -0.15) is 0 Å². The summed E-state index contributed by atoms with van der Waals surface area (Å²) in [6, 6.07) is 2.79. The molecule has 0 spiro atoms. The third-order valence-electron chi connectivity index (χ3n) is 1.61. The third kappa shape index (κ3) is 1.98. The average molecular weight is 203 g/mol. The van der Waals surface area contributed by atoms with Gasteiger partial charge in [-0.25, -0.2) is 4.39 Å². The number of aryl methyl sites for hydroxylation is 1. The molecule has 13 heavy (non-hydrogen) atoms. The fourth-order valence-electron chi connectivity index (χ4n) is 1.06. The molecule has 4 heteroatoms. The van der Waals surface area contributed by atoms with Gasteiger partial charge in [0.2, 0.25) is 0 Å². The molecule has 2 nitrogen and oxygen atoms in total. The van der Waals surface area contributed by atoms with Crippen LogP contribution in [0.4, 0.5) is 4.39 Å². The molecule has 0 aliphatic carbocycles. The fraction of sp³-hybridized carbons (Fsp3) is 0.222. The molecule has 70 valence electrons. The van der Waals surface area contributed by atoms with Crippen molar-refractivity contribution in [2.45, 2.75) is 6.92 Å². The maximum Gasteiger partial charge on any atom is 0.259 e. The normalized spacial score (nSPS) is 9.85. The summed E-state index contributed by atoms with van der Waals surface area (Å²) in [5.74, 6) is -0.491. The summed E-state index contributed by atoms with van der Waals surface area (Å²) in [6.45, 7) is 1.70. The smallest absolute Gasteiger partial charge is 0.259 e. The molecular formula is C9H8ClFO2. The number of rotatable bonds is 2. The molecule has 0 bridgehead atoms. The minimum absolute atomic E-state index is 0.164. The Balaban J connectivity index is 3.38. The summed E-state index contributed by atoms with van der Waals surface area (Å²) in [5.41, 5.74) is 0.464. The van der Waals surface area contributed by atoms with Gasteiger partial charge in [-0.05, 0) is 36.2 Å². The second kappa shape index (κ2) is 3.75. The lowest BCUT2D eigenvalue weighted by molar-refractivity contribution is 0.107. The van der Waals surface area contributed by atoms with E-state index in [4.69, 9.17) is 16.3 Å². The molecule has 0 fully saturated rings. The van der Waals surface area contributed by atoms with Crippen LogP contribution in [0.2, 0.25) is 0 Å². The lowest BCUT2D eigenvalue weighted by atomic mass is 10.1. The van der Waals surface area contributed by atoms with E-state index in [0.717, 1.165) is 0 Å². The van der Waals surface area contributed by atoms with Gasteiger partial charge < -0.3 is 4.74 Å². The Bertz CT molecular complexity index is 350. The van der Waals surface area contributed by atoms with Crippen LogP contribution in [0.1, 0.15) is 15.9 Å². The quantitative estimate of drug-likeness (QED) is 0.689. The van der Waals surface area contributed by atoms with Crippen LogP contribution >= 0.6 is 11.6 Å². The number of benzene rings is 1. The van der Waals surface area contributed by atoms with Crippen molar-refractivity contribution in [3.8, 4) is 5.75 Å². The van der Waals surface area contributed by atoms with Crippen molar-refractivity contribution in [3.05, 3.63) is 29.1 Å². The highest BCUT2D eigenvalue weighted by Gasteiger charge is 2.16. The molecule has 0 atom stereocenters. The third-order valence-corrected chi connectivity index (χ3v) is 1.80. The molecule has 0 saturated heterocycles. The largest absolute Gasteiger partial charge is 0.496 e. The van der Waals surface area contributed by atoms with Gasteiger partial charge in [0.25, 0.3) is 5.24 Å². The van der Waals surface area contributed by atoms with Crippen LogP contribution < -0.4 is 4.74 Å². The average Bonchev–Trinajstić information content (AvgIpc) is 2.01. The van der Waals surface area contributed by atoms with Crippen molar-refractivity contribution in [1.29, 1.82) is 0 Å². The van der Waals surface area contributed by atoms with Crippen molar-refractivity contribution in [1.82, 2.24) is 0 Å². The van der Waals surface area contributed by atoms with E-state index < -0.39 is 11.1 Å². The Labute approximate surface area is 80.3 Å². The molecule has 0 aliphatic rings.